The van der Waals surface area contributed by atoms with E-state index in [2.05, 4.69) is 16.7 Å². The van der Waals surface area contributed by atoms with Crippen LogP contribution in [-0.4, -0.2) is 29.3 Å². The van der Waals surface area contributed by atoms with E-state index in [1.807, 2.05) is 32.2 Å². The van der Waals surface area contributed by atoms with Crippen molar-refractivity contribution in [2.24, 2.45) is 0 Å². The summed E-state index contributed by atoms with van der Waals surface area (Å²) in [7, 11) is 0. The highest BCUT2D eigenvalue weighted by atomic mass is 32.1. The second-order valence-electron chi connectivity index (χ2n) is 5.25. The van der Waals surface area contributed by atoms with Gasteiger partial charge < -0.3 is 15.7 Å². The molecular weight excluding hydrogens is 260 g/mol. The van der Waals surface area contributed by atoms with Gasteiger partial charge in [-0.15, -0.1) is 11.3 Å². The van der Waals surface area contributed by atoms with E-state index in [-0.39, 0.29) is 18.7 Å². The van der Waals surface area contributed by atoms with Crippen molar-refractivity contribution in [2.75, 3.05) is 6.61 Å². The third kappa shape index (κ3) is 5.61. The summed E-state index contributed by atoms with van der Waals surface area (Å²) in [6, 6.07) is 3.93. The summed E-state index contributed by atoms with van der Waals surface area (Å²) in [5, 5.41) is 17.2. The Labute approximate surface area is 119 Å². The molecule has 2 amide bonds. The standard InChI is InChI=1S/C14H24N2O2S/c1-4-7-14(3,10-17)16-13(18)15-11(2)9-12-6-5-8-19-12/h5-6,8,11,17H,4,7,9-10H2,1-3H3,(H2,15,16,18). The first-order chi connectivity index (χ1) is 8.99. The zero-order chi connectivity index (χ0) is 14.3. The van der Waals surface area contributed by atoms with Gasteiger partial charge in [0, 0.05) is 17.3 Å². The molecule has 0 aliphatic carbocycles. The second-order valence-corrected chi connectivity index (χ2v) is 6.28. The van der Waals surface area contributed by atoms with Crippen LogP contribution in [0.5, 0.6) is 0 Å². The van der Waals surface area contributed by atoms with Crippen LogP contribution in [0, 0.1) is 0 Å². The monoisotopic (exact) mass is 284 g/mol. The molecule has 4 nitrogen and oxygen atoms in total. The van der Waals surface area contributed by atoms with E-state index in [0.29, 0.717) is 0 Å². The smallest absolute Gasteiger partial charge is 0.315 e. The lowest BCUT2D eigenvalue weighted by atomic mass is 9.97. The van der Waals surface area contributed by atoms with Crippen molar-refractivity contribution in [3.8, 4) is 0 Å². The van der Waals surface area contributed by atoms with Crippen molar-refractivity contribution in [2.45, 2.75) is 51.6 Å². The molecule has 5 heteroatoms. The number of amides is 2. The molecule has 1 rings (SSSR count). The molecule has 108 valence electrons. The highest BCUT2D eigenvalue weighted by Gasteiger charge is 2.24. The van der Waals surface area contributed by atoms with E-state index in [1.165, 1.54) is 4.88 Å². The van der Waals surface area contributed by atoms with Crippen molar-refractivity contribution in [3.05, 3.63) is 22.4 Å². The summed E-state index contributed by atoms with van der Waals surface area (Å²) in [4.78, 5) is 13.2. The van der Waals surface area contributed by atoms with Crippen LogP contribution in [0.4, 0.5) is 4.79 Å². The largest absolute Gasteiger partial charge is 0.394 e. The summed E-state index contributed by atoms with van der Waals surface area (Å²) < 4.78 is 0. The first-order valence-electron chi connectivity index (χ1n) is 6.71. The molecule has 19 heavy (non-hydrogen) atoms. The van der Waals surface area contributed by atoms with Crippen molar-refractivity contribution < 1.29 is 9.90 Å². The zero-order valence-corrected chi connectivity index (χ0v) is 12.7. The van der Waals surface area contributed by atoms with Crippen LogP contribution in [0.25, 0.3) is 0 Å². The van der Waals surface area contributed by atoms with Crippen molar-refractivity contribution in [3.63, 3.8) is 0 Å². The van der Waals surface area contributed by atoms with E-state index in [9.17, 15) is 9.90 Å². The zero-order valence-electron chi connectivity index (χ0n) is 11.9. The molecule has 0 fully saturated rings. The van der Waals surface area contributed by atoms with Gasteiger partial charge in [0.1, 0.15) is 0 Å². The Morgan fingerprint density at radius 3 is 2.84 bits per heavy atom. The molecule has 0 saturated carbocycles. The molecule has 1 heterocycles. The maximum atomic E-state index is 11.9. The summed E-state index contributed by atoms with van der Waals surface area (Å²) in [6.45, 7) is 5.83. The molecule has 3 N–H and O–H groups in total. The number of aliphatic hydroxyl groups is 1. The number of carbonyl (C=O) groups excluding carboxylic acids is 1. The van der Waals surface area contributed by atoms with Crippen LogP contribution in [0.2, 0.25) is 0 Å². The number of thiophene rings is 1. The number of hydrogen-bond acceptors (Lipinski definition) is 3. The molecule has 0 aromatic carbocycles. The van der Waals surface area contributed by atoms with Gasteiger partial charge in [0.05, 0.1) is 12.1 Å². The SMILES string of the molecule is CCCC(C)(CO)NC(=O)NC(C)Cc1cccs1. The van der Waals surface area contributed by atoms with Gasteiger partial charge in [-0.2, -0.15) is 0 Å². The normalized spacial score (nSPS) is 15.6. The molecule has 0 aliphatic rings. The number of carbonyl (C=O) groups is 1. The predicted molar refractivity (Wildman–Crippen MR) is 79.6 cm³/mol. The maximum absolute atomic E-state index is 11.9. The van der Waals surface area contributed by atoms with Gasteiger partial charge in [-0.1, -0.05) is 19.4 Å². The van der Waals surface area contributed by atoms with Crippen LogP contribution in [0.15, 0.2) is 17.5 Å². The predicted octanol–water partition coefficient (Wildman–Crippen LogP) is 2.53. The van der Waals surface area contributed by atoms with Crippen LogP contribution in [0.1, 0.15) is 38.5 Å². The van der Waals surface area contributed by atoms with Gasteiger partial charge in [-0.05, 0) is 31.7 Å². The molecule has 2 atom stereocenters. The number of aliphatic hydroxyl groups excluding tert-OH is 1. The van der Waals surface area contributed by atoms with E-state index in [0.717, 1.165) is 19.3 Å². The van der Waals surface area contributed by atoms with Gasteiger partial charge in [-0.25, -0.2) is 4.79 Å². The minimum atomic E-state index is -0.540. The molecule has 0 radical (unpaired) electrons. The molecule has 0 saturated heterocycles. The third-order valence-electron chi connectivity index (χ3n) is 3.03. The van der Waals surface area contributed by atoms with Gasteiger partial charge in [0.2, 0.25) is 0 Å². The van der Waals surface area contributed by atoms with Crippen LogP contribution < -0.4 is 10.6 Å². The lowest BCUT2D eigenvalue weighted by molar-refractivity contribution is 0.162. The Hall–Kier alpha value is -1.07. The quantitative estimate of drug-likeness (QED) is 0.720. The molecular formula is C14H24N2O2S. The highest BCUT2D eigenvalue weighted by molar-refractivity contribution is 7.09. The molecule has 1 aromatic heterocycles. The minimum Gasteiger partial charge on any atom is -0.394 e. The number of hydrogen-bond donors (Lipinski definition) is 3. The molecule has 0 spiro atoms. The number of nitrogens with one attached hydrogen (secondary N) is 2. The van der Waals surface area contributed by atoms with Gasteiger partial charge in [0.25, 0.3) is 0 Å². The van der Waals surface area contributed by atoms with Crippen molar-refractivity contribution in [1.82, 2.24) is 10.6 Å². The van der Waals surface area contributed by atoms with Gasteiger partial charge in [-0.3, -0.25) is 0 Å². The fourth-order valence-electron chi connectivity index (χ4n) is 2.05. The van der Waals surface area contributed by atoms with Crippen molar-refractivity contribution >= 4 is 17.4 Å². The number of urea groups is 1. The second kappa shape index (κ2) is 7.50. The van der Waals surface area contributed by atoms with Crippen LogP contribution in [0.3, 0.4) is 0 Å². The fourth-order valence-corrected chi connectivity index (χ4v) is 2.88. The Bertz CT molecular complexity index is 381. The lowest BCUT2D eigenvalue weighted by Crippen LogP contribution is -2.54. The number of rotatable bonds is 7. The lowest BCUT2D eigenvalue weighted by Gasteiger charge is -2.29. The van der Waals surface area contributed by atoms with E-state index < -0.39 is 5.54 Å². The summed E-state index contributed by atoms with van der Waals surface area (Å²) in [6.07, 6.45) is 2.51. The van der Waals surface area contributed by atoms with Crippen LogP contribution in [-0.2, 0) is 6.42 Å². The third-order valence-corrected chi connectivity index (χ3v) is 3.93. The summed E-state index contributed by atoms with van der Waals surface area (Å²) >= 11 is 1.69. The summed E-state index contributed by atoms with van der Waals surface area (Å²) in [5.41, 5.74) is -0.540. The first-order valence-corrected chi connectivity index (χ1v) is 7.59. The van der Waals surface area contributed by atoms with Gasteiger partial charge >= 0.3 is 6.03 Å². The Balaban J connectivity index is 2.41. The average Bonchev–Trinajstić information content (AvgIpc) is 2.81. The molecule has 1 aromatic rings. The average molecular weight is 284 g/mol. The van der Waals surface area contributed by atoms with Gasteiger partial charge in [0.15, 0.2) is 0 Å². The molecule has 0 bridgehead atoms. The molecule has 0 aliphatic heterocycles. The fraction of sp³-hybridized carbons (Fsp3) is 0.643. The maximum Gasteiger partial charge on any atom is 0.315 e. The Morgan fingerprint density at radius 2 is 2.32 bits per heavy atom. The van der Waals surface area contributed by atoms with E-state index in [4.69, 9.17) is 0 Å². The van der Waals surface area contributed by atoms with Crippen molar-refractivity contribution in [1.29, 1.82) is 0 Å². The summed E-state index contributed by atoms with van der Waals surface area (Å²) in [5.74, 6) is 0. The first kappa shape index (κ1) is 16.0. The topological polar surface area (TPSA) is 61.4 Å². The van der Waals surface area contributed by atoms with E-state index in [1.54, 1.807) is 11.3 Å². The highest BCUT2D eigenvalue weighted by Crippen LogP contribution is 2.12. The Kier molecular flexibility index (Phi) is 6.31. The van der Waals surface area contributed by atoms with Crippen LogP contribution >= 0.6 is 11.3 Å². The Morgan fingerprint density at radius 1 is 1.58 bits per heavy atom. The molecule has 2 unspecified atom stereocenters. The van der Waals surface area contributed by atoms with E-state index >= 15 is 0 Å². The minimum absolute atomic E-state index is 0.0481.